The number of hydrogen-bond donors (Lipinski definition) is 2. The summed E-state index contributed by atoms with van der Waals surface area (Å²) in [5.74, 6) is -0.0532. The Kier molecular flexibility index (Phi) is 4.88. The molecule has 1 fully saturated rings. The summed E-state index contributed by atoms with van der Waals surface area (Å²) in [6.07, 6.45) is 1.72. The molecule has 1 aliphatic heterocycles. The Morgan fingerprint density at radius 3 is 2.36 bits per heavy atom. The van der Waals surface area contributed by atoms with Gasteiger partial charge in [-0.1, -0.05) is 17.7 Å². The third-order valence-electron chi connectivity index (χ3n) is 4.21. The molecule has 1 aromatic carbocycles. The molecule has 0 aliphatic carbocycles. The first-order valence-corrected chi connectivity index (χ1v) is 8.00. The monoisotopic (exact) mass is 343 g/mol. The van der Waals surface area contributed by atoms with Gasteiger partial charge in [-0.05, 0) is 45.3 Å². The van der Waals surface area contributed by atoms with E-state index in [9.17, 15) is 4.39 Å². The molecule has 3 nitrogen and oxygen atoms in total. The lowest BCUT2D eigenvalue weighted by atomic mass is 9.78. The molecule has 0 saturated carbocycles. The average Bonchev–Trinajstić information content (AvgIpc) is 2.60. The lowest BCUT2D eigenvalue weighted by Gasteiger charge is -2.32. The van der Waals surface area contributed by atoms with Gasteiger partial charge < -0.3 is 15.0 Å². The number of anilines is 1. The molecule has 2 rings (SSSR count). The van der Waals surface area contributed by atoms with Crippen molar-refractivity contribution in [3.63, 3.8) is 0 Å². The van der Waals surface area contributed by atoms with Crippen molar-refractivity contribution in [1.82, 2.24) is 0 Å². The Morgan fingerprint density at radius 2 is 1.86 bits per heavy atom. The lowest BCUT2D eigenvalue weighted by molar-refractivity contribution is 0.00578. The van der Waals surface area contributed by atoms with Crippen molar-refractivity contribution in [3.05, 3.63) is 34.0 Å². The molecule has 0 radical (unpaired) electrons. The highest BCUT2D eigenvalue weighted by molar-refractivity contribution is 7.80. The zero-order valence-electron chi connectivity index (χ0n) is 13.1. The fourth-order valence-electron chi connectivity index (χ4n) is 2.11. The quantitative estimate of drug-likeness (QED) is 0.495. The summed E-state index contributed by atoms with van der Waals surface area (Å²) in [7, 11) is -0.552. The molecule has 1 aromatic rings. The second-order valence-corrected chi connectivity index (χ2v) is 7.08. The summed E-state index contributed by atoms with van der Waals surface area (Å²) in [4.78, 5) is 0. The summed E-state index contributed by atoms with van der Waals surface area (Å²) >= 11 is 10.2. The Hall–Kier alpha value is -0.685. The molecule has 7 heteroatoms. The standard InChI is InChI=1S/C15H20BClFNO2S/c1-14(2)15(3,4)21-16(20-14)10(8-22)5-9-6-11(18)7-12(17)13(9)19/h5-7,22H,8,19H2,1-4H3. The van der Waals surface area contributed by atoms with Gasteiger partial charge in [0, 0.05) is 11.3 Å². The minimum Gasteiger partial charge on any atom is -0.400 e. The van der Waals surface area contributed by atoms with E-state index in [2.05, 4.69) is 12.6 Å². The molecule has 1 aliphatic rings. The van der Waals surface area contributed by atoms with Gasteiger partial charge in [0.25, 0.3) is 0 Å². The van der Waals surface area contributed by atoms with Gasteiger partial charge in [-0.25, -0.2) is 4.39 Å². The highest BCUT2D eigenvalue weighted by atomic mass is 35.5. The van der Waals surface area contributed by atoms with E-state index >= 15 is 0 Å². The summed E-state index contributed by atoms with van der Waals surface area (Å²) in [6.45, 7) is 7.88. The normalized spacial score (nSPS) is 20.5. The first-order valence-electron chi connectivity index (χ1n) is 6.99. The van der Waals surface area contributed by atoms with Crippen LogP contribution in [0.15, 0.2) is 17.6 Å². The highest BCUT2D eigenvalue weighted by Crippen LogP contribution is 2.39. The Bertz CT molecular complexity index is 606. The first-order chi connectivity index (χ1) is 10.1. The number of hydrogen-bond acceptors (Lipinski definition) is 4. The zero-order chi connectivity index (χ0) is 16.7. The van der Waals surface area contributed by atoms with Crippen LogP contribution in [0.2, 0.25) is 5.02 Å². The maximum atomic E-state index is 13.5. The zero-order valence-corrected chi connectivity index (χ0v) is 14.8. The largest absolute Gasteiger partial charge is 0.491 e. The van der Waals surface area contributed by atoms with Crippen LogP contribution in [0.5, 0.6) is 0 Å². The summed E-state index contributed by atoms with van der Waals surface area (Å²) in [5, 5.41) is 0.179. The lowest BCUT2D eigenvalue weighted by Crippen LogP contribution is -2.41. The molecule has 120 valence electrons. The van der Waals surface area contributed by atoms with E-state index in [0.717, 1.165) is 5.47 Å². The smallest absolute Gasteiger partial charge is 0.400 e. The number of rotatable bonds is 3. The molecule has 0 atom stereocenters. The van der Waals surface area contributed by atoms with E-state index in [0.29, 0.717) is 17.0 Å². The van der Waals surface area contributed by atoms with Gasteiger partial charge in [0.2, 0.25) is 0 Å². The van der Waals surface area contributed by atoms with Crippen LogP contribution in [0.25, 0.3) is 6.08 Å². The van der Waals surface area contributed by atoms with Gasteiger partial charge in [0.15, 0.2) is 0 Å². The second-order valence-electron chi connectivity index (χ2n) is 6.36. The number of nitrogen functional groups attached to an aromatic ring is 1. The number of nitrogens with two attached hydrogens (primary N) is 1. The van der Waals surface area contributed by atoms with Crippen molar-refractivity contribution in [3.8, 4) is 0 Å². The predicted octanol–water partition coefficient (Wildman–Crippen LogP) is 4.01. The fraction of sp³-hybridized carbons (Fsp3) is 0.467. The summed E-state index contributed by atoms with van der Waals surface area (Å²) < 4.78 is 25.5. The molecule has 1 heterocycles. The second kappa shape index (κ2) is 6.08. The van der Waals surface area contributed by atoms with Crippen LogP contribution >= 0.6 is 24.2 Å². The third kappa shape index (κ3) is 3.30. The van der Waals surface area contributed by atoms with Crippen LogP contribution in [0.3, 0.4) is 0 Å². The predicted molar refractivity (Wildman–Crippen MR) is 93.7 cm³/mol. The van der Waals surface area contributed by atoms with Crippen molar-refractivity contribution in [1.29, 1.82) is 0 Å². The number of benzene rings is 1. The Labute approximate surface area is 141 Å². The SMILES string of the molecule is CC1(C)OB(C(=Cc2cc(F)cc(Cl)c2N)CS)OC1(C)C. The van der Waals surface area contributed by atoms with Gasteiger partial charge in [-0.3, -0.25) is 0 Å². The minimum absolute atomic E-state index is 0.179. The number of halogens is 2. The number of thiol groups is 1. The molecule has 1 saturated heterocycles. The van der Waals surface area contributed by atoms with Crippen molar-refractivity contribution in [2.24, 2.45) is 0 Å². The van der Waals surface area contributed by atoms with E-state index in [1.807, 2.05) is 27.7 Å². The minimum atomic E-state index is -0.552. The van der Waals surface area contributed by atoms with Crippen LogP contribution in [-0.4, -0.2) is 24.1 Å². The highest BCUT2D eigenvalue weighted by Gasteiger charge is 2.52. The summed E-state index contributed by atoms with van der Waals surface area (Å²) in [5.41, 5.74) is 6.57. The molecule has 2 N–H and O–H groups in total. The fourth-order valence-corrected chi connectivity index (χ4v) is 2.56. The van der Waals surface area contributed by atoms with Crippen LogP contribution in [0.4, 0.5) is 10.1 Å². The van der Waals surface area contributed by atoms with Gasteiger partial charge in [0.05, 0.1) is 21.9 Å². The van der Waals surface area contributed by atoms with Crippen molar-refractivity contribution >= 4 is 43.1 Å². The average molecular weight is 344 g/mol. The van der Waals surface area contributed by atoms with Crippen LogP contribution in [-0.2, 0) is 9.31 Å². The summed E-state index contributed by atoms with van der Waals surface area (Å²) in [6, 6.07) is 2.51. The third-order valence-corrected chi connectivity index (χ3v) is 4.88. The molecule has 0 bridgehead atoms. The van der Waals surface area contributed by atoms with Gasteiger partial charge >= 0.3 is 7.12 Å². The van der Waals surface area contributed by atoms with E-state index in [1.54, 1.807) is 6.08 Å². The molecule has 22 heavy (non-hydrogen) atoms. The van der Waals surface area contributed by atoms with Gasteiger partial charge in [-0.15, -0.1) is 0 Å². The van der Waals surface area contributed by atoms with E-state index in [-0.39, 0.29) is 5.02 Å². The Morgan fingerprint density at radius 1 is 1.32 bits per heavy atom. The van der Waals surface area contributed by atoms with Gasteiger partial charge in [0.1, 0.15) is 5.82 Å². The van der Waals surface area contributed by atoms with Crippen molar-refractivity contribution in [2.45, 2.75) is 38.9 Å². The van der Waals surface area contributed by atoms with Crippen LogP contribution in [0, 0.1) is 5.82 Å². The molecule has 0 amide bonds. The maximum Gasteiger partial charge on any atom is 0.491 e. The van der Waals surface area contributed by atoms with Crippen molar-refractivity contribution < 1.29 is 13.7 Å². The van der Waals surface area contributed by atoms with E-state index in [4.69, 9.17) is 26.6 Å². The maximum absolute atomic E-state index is 13.5. The molecule has 0 spiro atoms. The Balaban J connectivity index is 2.38. The molecule has 0 unspecified atom stereocenters. The first kappa shape index (κ1) is 17.7. The van der Waals surface area contributed by atoms with Crippen LogP contribution in [0.1, 0.15) is 33.3 Å². The van der Waals surface area contributed by atoms with E-state index < -0.39 is 24.1 Å². The van der Waals surface area contributed by atoms with E-state index in [1.165, 1.54) is 12.1 Å². The molecule has 0 aromatic heterocycles. The molecular formula is C15H20BClFNO2S. The molecular weight excluding hydrogens is 324 g/mol. The topological polar surface area (TPSA) is 44.5 Å². The van der Waals surface area contributed by atoms with Crippen molar-refractivity contribution in [2.75, 3.05) is 11.5 Å². The van der Waals surface area contributed by atoms with Crippen LogP contribution < -0.4 is 5.73 Å². The van der Waals surface area contributed by atoms with Gasteiger partial charge in [-0.2, -0.15) is 12.6 Å².